The first kappa shape index (κ1) is 17.3. The molecule has 0 radical (unpaired) electrons. The highest BCUT2D eigenvalue weighted by molar-refractivity contribution is 6.43. The lowest BCUT2D eigenvalue weighted by Gasteiger charge is -2.04. The van der Waals surface area contributed by atoms with E-state index in [2.05, 4.69) is 15.8 Å². The highest BCUT2D eigenvalue weighted by atomic mass is 35.5. The molecule has 118 valence electrons. The minimum atomic E-state index is -0.922. The van der Waals surface area contributed by atoms with Crippen molar-refractivity contribution in [3.05, 3.63) is 63.1 Å². The molecule has 2 rings (SSSR count). The van der Waals surface area contributed by atoms with E-state index in [0.717, 1.165) is 0 Å². The zero-order valence-corrected chi connectivity index (χ0v) is 13.8. The van der Waals surface area contributed by atoms with Crippen molar-refractivity contribution in [1.82, 2.24) is 5.43 Å². The lowest BCUT2D eigenvalue weighted by Crippen LogP contribution is -2.32. The van der Waals surface area contributed by atoms with Gasteiger partial charge in [0.1, 0.15) is 0 Å². The van der Waals surface area contributed by atoms with Gasteiger partial charge in [0.05, 0.1) is 16.3 Å². The molecule has 0 bridgehead atoms. The quantitative estimate of drug-likeness (QED) is 0.491. The zero-order valence-electron chi connectivity index (χ0n) is 11.5. The number of carbonyl (C=O) groups is 2. The van der Waals surface area contributed by atoms with Gasteiger partial charge in [-0.25, -0.2) is 5.43 Å². The summed E-state index contributed by atoms with van der Waals surface area (Å²) < 4.78 is 0. The van der Waals surface area contributed by atoms with E-state index in [4.69, 9.17) is 34.8 Å². The van der Waals surface area contributed by atoms with Crippen molar-refractivity contribution in [2.45, 2.75) is 0 Å². The van der Waals surface area contributed by atoms with E-state index in [1.54, 1.807) is 42.5 Å². The van der Waals surface area contributed by atoms with Crippen LogP contribution in [0.15, 0.2) is 47.6 Å². The van der Waals surface area contributed by atoms with E-state index in [-0.39, 0.29) is 0 Å². The van der Waals surface area contributed by atoms with Crippen molar-refractivity contribution in [3.8, 4) is 0 Å². The number of nitrogens with one attached hydrogen (secondary N) is 2. The Labute approximate surface area is 147 Å². The van der Waals surface area contributed by atoms with Gasteiger partial charge in [-0.1, -0.05) is 46.9 Å². The standard InChI is InChI=1S/C15H10Cl3N3O2/c16-10-4-6-11(7-5-10)20-14(22)15(23)21-19-8-9-2-1-3-12(17)13(9)18/h1-8H,(H,20,22)(H,21,23)/b19-8+. The molecular weight excluding hydrogens is 361 g/mol. The zero-order chi connectivity index (χ0) is 16.8. The Morgan fingerprint density at radius 2 is 1.65 bits per heavy atom. The molecule has 0 saturated carbocycles. The summed E-state index contributed by atoms with van der Waals surface area (Å²) in [7, 11) is 0. The molecule has 0 unspecified atom stereocenters. The van der Waals surface area contributed by atoms with Gasteiger partial charge < -0.3 is 5.32 Å². The summed E-state index contributed by atoms with van der Waals surface area (Å²) in [5.74, 6) is -1.78. The van der Waals surface area contributed by atoms with Gasteiger partial charge in [-0.3, -0.25) is 9.59 Å². The molecule has 0 aliphatic heterocycles. The minimum Gasteiger partial charge on any atom is -0.318 e. The van der Waals surface area contributed by atoms with Crippen LogP contribution in [0.25, 0.3) is 0 Å². The molecule has 0 aliphatic rings. The summed E-state index contributed by atoms with van der Waals surface area (Å²) in [5, 5.41) is 7.27. The van der Waals surface area contributed by atoms with Crippen LogP contribution < -0.4 is 10.7 Å². The molecule has 0 atom stereocenters. The Kier molecular flexibility index (Phi) is 5.98. The van der Waals surface area contributed by atoms with Crippen molar-refractivity contribution in [3.63, 3.8) is 0 Å². The molecule has 0 saturated heterocycles. The van der Waals surface area contributed by atoms with Crippen LogP contribution >= 0.6 is 34.8 Å². The van der Waals surface area contributed by atoms with E-state index in [0.29, 0.717) is 26.3 Å². The lowest BCUT2D eigenvalue weighted by atomic mass is 10.2. The number of anilines is 1. The number of benzene rings is 2. The Balaban J connectivity index is 1.93. The van der Waals surface area contributed by atoms with Gasteiger partial charge in [-0.05, 0) is 30.3 Å². The molecule has 0 fully saturated rings. The van der Waals surface area contributed by atoms with Crippen LogP contribution in [0.1, 0.15) is 5.56 Å². The van der Waals surface area contributed by atoms with E-state index < -0.39 is 11.8 Å². The molecule has 2 aromatic carbocycles. The molecule has 23 heavy (non-hydrogen) atoms. The van der Waals surface area contributed by atoms with Crippen LogP contribution in [0.3, 0.4) is 0 Å². The van der Waals surface area contributed by atoms with E-state index in [9.17, 15) is 9.59 Å². The second-order valence-electron chi connectivity index (χ2n) is 4.30. The third-order valence-electron chi connectivity index (χ3n) is 2.66. The maximum absolute atomic E-state index is 11.7. The first-order valence-electron chi connectivity index (χ1n) is 6.31. The molecule has 2 amide bonds. The average Bonchev–Trinajstić information content (AvgIpc) is 2.53. The maximum atomic E-state index is 11.7. The Morgan fingerprint density at radius 1 is 0.957 bits per heavy atom. The maximum Gasteiger partial charge on any atom is 0.329 e. The molecule has 2 N–H and O–H groups in total. The summed E-state index contributed by atoms with van der Waals surface area (Å²) in [6.45, 7) is 0. The normalized spacial score (nSPS) is 10.6. The first-order valence-corrected chi connectivity index (χ1v) is 7.44. The average molecular weight is 371 g/mol. The monoisotopic (exact) mass is 369 g/mol. The van der Waals surface area contributed by atoms with Crippen LogP contribution in [-0.4, -0.2) is 18.0 Å². The van der Waals surface area contributed by atoms with Crippen molar-refractivity contribution < 1.29 is 9.59 Å². The fraction of sp³-hybridized carbons (Fsp3) is 0. The van der Waals surface area contributed by atoms with Gasteiger partial charge in [0.25, 0.3) is 0 Å². The molecule has 8 heteroatoms. The molecule has 0 spiro atoms. The number of hydrazone groups is 1. The topological polar surface area (TPSA) is 70.6 Å². The van der Waals surface area contributed by atoms with Crippen LogP contribution in [0.4, 0.5) is 5.69 Å². The van der Waals surface area contributed by atoms with Crippen molar-refractivity contribution >= 4 is 58.5 Å². The molecule has 2 aromatic rings. The second kappa shape index (κ2) is 7.97. The molecule has 0 heterocycles. The van der Waals surface area contributed by atoms with Crippen molar-refractivity contribution in [2.24, 2.45) is 5.10 Å². The van der Waals surface area contributed by atoms with E-state index >= 15 is 0 Å². The summed E-state index contributed by atoms with van der Waals surface area (Å²) in [4.78, 5) is 23.3. The van der Waals surface area contributed by atoms with E-state index in [1.807, 2.05) is 0 Å². The van der Waals surface area contributed by atoms with E-state index in [1.165, 1.54) is 6.21 Å². The molecule has 0 aromatic heterocycles. The van der Waals surface area contributed by atoms with Gasteiger partial charge in [0.15, 0.2) is 0 Å². The fourth-order valence-corrected chi connectivity index (χ4v) is 2.04. The van der Waals surface area contributed by atoms with Gasteiger partial charge >= 0.3 is 11.8 Å². The number of nitrogens with zero attached hydrogens (tertiary/aromatic N) is 1. The smallest absolute Gasteiger partial charge is 0.318 e. The van der Waals surface area contributed by atoms with Crippen LogP contribution in [0, 0.1) is 0 Å². The van der Waals surface area contributed by atoms with Crippen molar-refractivity contribution in [2.75, 3.05) is 5.32 Å². The van der Waals surface area contributed by atoms with Gasteiger partial charge in [-0.2, -0.15) is 5.10 Å². The third-order valence-corrected chi connectivity index (χ3v) is 3.75. The number of carbonyl (C=O) groups excluding carboxylic acids is 2. The lowest BCUT2D eigenvalue weighted by molar-refractivity contribution is -0.136. The first-order chi connectivity index (χ1) is 11.0. The SMILES string of the molecule is O=C(N/N=C/c1cccc(Cl)c1Cl)C(=O)Nc1ccc(Cl)cc1. The summed E-state index contributed by atoms with van der Waals surface area (Å²) in [6.07, 6.45) is 1.29. The number of hydrogen-bond acceptors (Lipinski definition) is 3. The fourth-order valence-electron chi connectivity index (χ4n) is 1.55. The second-order valence-corrected chi connectivity index (χ2v) is 5.52. The highest BCUT2D eigenvalue weighted by Crippen LogP contribution is 2.24. The third kappa shape index (κ3) is 4.96. The van der Waals surface area contributed by atoms with Crippen LogP contribution in [0.2, 0.25) is 15.1 Å². The van der Waals surface area contributed by atoms with Crippen LogP contribution in [-0.2, 0) is 9.59 Å². The summed E-state index contributed by atoms with van der Waals surface area (Å²) >= 11 is 17.5. The molecule has 0 aliphatic carbocycles. The minimum absolute atomic E-state index is 0.304. The van der Waals surface area contributed by atoms with Gasteiger partial charge in [-0.15, -0.1) is 0 Å². The predicted octanol–water partition coefficient (Wildman–Crippen LogP) is 3.74. The number of rotatable bonds is 3. The Bertz CT molecular complexity index is 761. The Hall–Kier alpha value is -2.08. The number of amides is 2. The molecule has 5 nitrogen and oxygen atoms in total. The Morgan fingerprint density at radius 3 is 2.35 bits per heavy atom. The number of hydrogen-bond donors (Lipinski definition) is 2. The highest BCUT2D eigenvalue weighted by Gasteiger charge is 2.12. The summed E-state index contributed by atoms with van der Waals surface area (Å²) in [6, 6.07) is 11.3. The number of halogens is 3. The van der Waals surface area contributed by atoms with Crippen LogP contribution in [0.5, 0.6) is 0 Å². The largest absolute Gasteiger partial charge is 0.329 e. The van der Waals surface area contributed by atoms with Gasteiger partial charge in [0.2, 0.25) is 0 Å². The predicted molar refractivity (Wildman–Crippen MR) is 92.3 cm³/mol. The summed E-state index contributed by atoms with van der Waals surface area (Å²) in [5.41, 5.74) is 3.05. The molecular formula is C15H10Cl3N3O2. The van der Waals surface area contributed by atoms with Crippen molar-refractivity contribution in [1.29, 1.82) is 0 Å². The van der Waals surface area contributed by atoms with Gasteiger partial charge in [0, 0.05) is 16.3 Å².